The molecule has 4 nitrogen and oxygen atoms in total. The van der Waals surface area contributed by atoms with Crippen LogP contribution in [0, 0.1) is 0 Å². The molecule has 1 aromatic carbocycles. The minimum atomic E-state index is -0.0657. The molecule has 0 N–H and O–H groups in total. The quantitative estimate of drug-likeness (QED) is 0.811. The lowest BCUT2D eigenvalue weighted by Gasteiger charge is -2.29. The van der Waals surface area contributed by atoms with Crippen molar-refractivity contribution in [2.75, 3.05) is 6.54 Å². The highest BCUT2D eigenvalue weighted by molar-refractivity contribution is 5.92. The number of nitrogens with zero attached hydrogens (tertiary/aromatic N) is 2. The Morgan fingerprint density at radius 3 is 2.55 bits per heavy atom. The Hall–Kier alpha value is -2.10. The molecule has 2 aromatic rings. The predicted molar refractivity (Wildman–Crippen MR) is 77.4 cm³/mol. The molecule has 20 heavy (non-hydrogen) atoms. The van der Waals surface area contributed by atoms with Gasteiger partial charge in [0.05, 0.1) is 0 Å². The summed E-state index contributed by atoms with van der Waals surface area (Å²) >= 11 is 0. The third-order valence-electron chi connectivity index (χ3n) is 3.48. The van der Waals surface area contributed by atoms with E-state index in [-0.39, 0.29) is 11.9 Å². The maximum Gasteiger partial charge on any atom is 0.276 e. The summed E-state index contributed by atoms with van der Waals surface area (Å²) in [5, 5.41) is 3.74. The van der Waals surface area contributed by atoms with Crippen molar-refractivity contribution < 1.29 is 9.32 Å². The van der Waals surface area contributed by atoms with Crippen molar-refractivity contribution in [1.29, 1.82) is 0 Å². The summed E-state index contributed by atoms with van der Waals surface area (Å²) in [5.74, 6) is -0.0657. The first-order valence-electron chi connectivity index (χ1n) is 7.01. The van der Waals surface area contributed by atoms with Gasteiger partial charge in [-0.3, -0.25) is 4.79 Å². The molecule has 0 fully saturated rings. The molecule has 4 heteroatoms. The second-order valence-corrected chi connectivity index (χ2v) is 4.73. The number of amides is 1. The largest absolute Gasteiger partial charge is 0.364 e. The van der Waals surface area contributed by atoms with Crippen molar-refractivity contribution in [2.24, 2.45) is 0 Å². The van der Waals surface area contributed by atoms with Crippen LogP contribution >= 0.6 is 0 Å². The van der Waals surface area contributed by atoms with E-state index in [0.29, 0.717) is 12.2 Å². The van der Waals surface area contributed by atoms with Crippen LogP contribution in [0.2, 0.25) is 0 Å². The van der Waals surface area contributed by atoms with Gasteiger partial charge >= 0.3 is 0 Å². The highest BCUT2D eigenvalue weighted by Gasteiger charge is 2.24. The van der Waals surface area contributed by atoms with Crippen LogP contribution in [0.5, 0.6) is 0 Å². The van der Waals surface area contributed by atoms with Crippen molar-refractivity contribution >= 4 is 5.91 Å². The molecule has 1 atom stereocenters. The molecule has 0 bridgehead atoms. The molecule has 0 saturated carbocycles. The van der Waals surface area contributed by atoms with Crippen molar-refractivity contribution in [2.45, 2.75) is 32.7 Å². The normalized spacial score (nSPS) is 12.1. The summed E-state index contributed by atoms with van der Waals surface area (Å²) in [7, 11) is 0. The number of aromatic nitrogens is 1. The van der Waals surface area contributed by atoms with E-state index < -0.39 is 0 Å². The van der Waals surface area contributed by atoms with Crippen LogP contribution in [-0.2, 0) is 6.42 Å². The first-order valence-corrected chi connectivity index (χ1v) is 7.01. The van der Waals surface area contributed by atoms with Crippen LogP contribution in [0.25, 0.3) is 0 Å². The van der Waals surface area contributed by atoms with Gasteiger partial charge in [0.1, 0.15) is 6.26 Å². The van der Waals surface area contributed by atoms with Crippen LogP contribution in [0.4, 0.5) is 0 Å². The number of hydrogen-bond acceptors (Lipinski definition) is 3. The molecule has 0 radical (unpaired) electrons. The molecule has 1 amide bonds. The fourth-order valence-corrected chi connectivity index (χ4v) is 2.40. The summed E-state index contributed by atoms with van der Waals surface area (Å²) in [4.78, 5) is 14.3. The van der Waals surface area contributed by atoms with Crippen molar-refractivity contribution in [3.63, 3.8) is 0 Å². The molecule has 0 aliphatic rings. The van der Waals surface area contributed by atoms with E-state index in [1.54, 1.807) is 6.07 Å². The fraction of sp³-hybridized carbons (Fsp3) is 0.375. The number of carbonyl (C=O) groups is 1. The fourth-order valence-electron chi connectivity index (χ4n) is 2.40. The van der Waals surface area contributed by atoms with Crippen molar-refractivity contribution in [1.82, 2.24) is 10.1 Å². The van der Waals surface area contributed by atoms with E-state index in [0.717, 1.165) is 12.8 Å². The molecule has 0 spiro atoms. The zero-order valence-electron chi connectivity index (χ0n) is 12.0. The first-order chi connectivity index (χ1) is 9.76. The number of hydrogen-bond donors (Lipinski definition) is 0. The topological polar surface area (TPSA) is 46.3 Å². The van der Waals surface area contributed by atoms with E-state index in [4.69, 9.17) is 4.52 Å². The van der Waals surface area contributed by atoms with Crippen molar-refractivity contribution in [3.05, 3.63) is 53.9 Å². The van der Waals surface area contributed by atoms with E-state index in [1.807, 2.05) is 30.0 Å². The predicted octanol–water partition coefficient (Wildman–Crippen LogP) is 3.16. The first kappa shape index (κ1) is 14.3. The second kappa shape index (κ2) is 6.89. The van der Waals surface area contributed by atoms with E-state index in [9.17, 15) is 4.79 Å². The van der Waals surface area contributed by atoms with Crippen LogP contribution in [0.3, 0.4) is 0 Å². The Labute approximate surface area is 119 Å². The SMILES string of the molecule is CC[C@H](Cc1ccccc1)N(CC)C(=O)c1ccon1. The molecule has 0 aliphatic heterocycles. The van der Waals surface area contributed by atoms with E-state index >= 15 is 0 Å². The summed E-state index contributed by atoms with van der Waals surface area (Å²) in [6.07, 6.45) is 3.19. The summed E-state index contributed by atoms with van der Waals surface area (Å²) in [5.41, 5.74) is 1.61. The maximum atomic E-state index is 12.4. The van der Waals surface area contributed by atoms with E-state index in [1.165, 1.54) is 11.8 Å². The second-order valence-electron chi connectivity index (χ2n) is 4.73. The summed E-state index contributed by atoms with van der Waals surface area (Å²) < 4.78 is 4.76. The van der Waals surface area contributed by atoms with Gasteiger partial charge in [-0.25, -0.2) is 0 Å². The Bertz CT molecular complexity index is 523. The van der Waals surface area contributed by atoms with E-state index in [2.05, 4.69) is 24.2 Å². The molecule has 106 valence electrons. The van der Waals surface area contributed by atoms with Gasteiger partial charge in [-0.05, 0) is 25.3 Å². The van der Waals surface area contributed by atoms with Gasteiger partial charge in [-0.15, -0.1) is 0 Å². The van der Waals surface area contributed by atoms with Gasteiger partial charge in [0.2, 0.25) is 0 Å². The van der Waals surface area contributed by atoms with Crippen LogP contribution in [0.15, 0.2) is 47.2 Å². The van der Waals surface area contributed by atoms with Crippen LogP contribution in [0.1, 0.15) is 36.3 Å². The molecule has 2 rings (SSSR count). The monoisotopic (exact) mass is 272 g/mol. The third kappa shape index (κ3) is 3.26. The van der Waals surface area contributed by atoms with Gasteiger partial charge in [-0.2, -0.15) is 0 Å². The summed E-state index contributed by atoms with van der Waals surface area (Å²) in [6.45, 7) is 4.76. The average molecular weight is 272 g/mol. The zero-order chi connectivity index (χ0) is 14.4. The Balaban J connectivity index is 2.13. The van der Waals surface area contributed by atoms with Gasteiger partial charge in [0.25, 0.3) is 5.91 Å². The minimum Gasteiger partial charge on any atom is -0.364 e. The highest BCUT2D eigenvalue weighted by Crippen LogP contribution is 2.15. The Morgan fingerprint density at radius 2 is 2.00 bits per heavy atom. The van der Waals surface area contributed by atoms with Gasteiger partial charge in [-0.1, -0.05) is 42.4 Å². The van der Waals surface area contributed by atoms with Gasteiger partial charge < -0.3 is 9.42 Å². The smallest absolute Gasteiger partial charge is 0.276 e. The molecule has 0 unspecified atom stereocenters. The Morgan fingerprint density at radius 1 is 1.25 bits per heavy atom. The molecule has 0 aliphatic carbocycles. The lowest BCUT2D eigenvalue weighted by Crippen LogP contribution is -2.41. The molecule has 1 aromatic heterocycles. The zero-order valence-corrected chi connectivity index (χ0v) is 12.0. The third-order valence-corrected chi connectivity index (χ3v) is 3.48. The molecule has 1 heterocycles. The molecular weight excluding hydrogens is 252 g/mol. The van der Waals surface area contributed by atoms with Crippen molar-refractivity contribution in [3.8, 4) is 0 Å². The lowest BCUT2D eigenvalue weighted by molar-refractivity contribution is 0.0673. The Kier molecular flexibility index (Phi) is 4.93. The summed E-state index contributed by atoms with van der Waals surface area (Å²) in [6, 6.07) is 12.0. The number of benzene rings is 1. The van der Waals surface area contributed by atoms with Gasteiger partial charge in [0.15, 0.2) is 5.69 Å². The number of rotatable bonds is 6. The minimum absolute atomic E-state index is 0.0657. The molecule has 0 saturated heterocycles. The van der Waals surface area contributed by atoms with Crippen LogP contribution < -0.4 is 0 Å². The number of carbonyl (C=O) groups excluding carboxylic acids is 1. The maximum absolute atomic E-state index is 12.4. The van der Waals surface area contributed by atoms with Gasteiger partial charge in [0, 0.05) is 18.7 Å². The highest BCUT2D eigenvalue weighted by atomic mass is 16.5. The lowest BCUT2D eigenvalue weighted by atomic mass is 10.0. The van der Waals surface area contributed by atoms with Crippen LogP contribution in [-0.4, -0.2) is 28.6 Å². The molecular formula is C16H20N2O2. The number of likely N-dealkylation sites (N-methyl/N-ethyl adjacent to an activating group) is 1. The average Bonchev–Trinajstić information content (AvgIpc) is 3.02. The standard InChI is InChI=1S/C16H20N2O2/c1-3-14(12-13-8-6-5-7-9-13)18(4-2)16(19)15-10-11-20-17-15/h5-11,14H,3-4,12H2,1-2H3/t14-/m1/s1.